The predicted molar refractivity (Wildman–Crippen MR) is 94.9 cm³/mol. The average Bonchev–Trinajstić information content (AvgIpc) is 2.63. The Morgan fingerprint density at radius 2 is 1.15 bits per heavy atom. The lowest BCUT2D eigenvalue weighted by molar-refractivity contribution is 0.475. The van der Waals surface area contributed by atoms with Crippen LogP contribution in [0.3, 0.4) is 0 Å². The molecular weight excluding hydrogens is 358 g/mol. The molecule has 138 valence electrons. The van der Waals surface area contributed by atoms with Gasteiger partial charge in [0.15, 0.2) is 0 Å². The molecule has 6 heteroatoms. The predicted octanol–water partition coefficient (Wildman–Crippen LogP) is 6.18. The van der Waals surface area contributed by atoms with Gasteiger partial charge in [0.2, 0.25) is 0 Å². The van der Waals surface area contributed by atoms with Crippen LogP contribution in [0.1, 0.15) is 19.4 Å². The summed E-state index contributed by atoms with van der Waals surface area (Å²) in [6.45, 7) is 4.00. The Morgan fingerprint density at radius 1 is 0.704 bits per heavy atom. The fraction of sp³-hybridized carbons (Fsp3) is 0.0952. The van der Waals surface area contributed by atoms with Gasteiger partial charge in [-0.15, -0.1) is 0 Å². The monoisotopic (exact) mass is 373 g/mol. The molecule has 0 bridgehead atoms. The standard InChI is InChI=1S/C19H9F4NO.C2H6/c20-15-7-12(8-16(21)14(15)9-24)19-17(22)5-11(6-18(19)23)10-1-3-13(25)4-2-10;1-2/h1-8,25H;1-2H3. The van der Waals surface area contributed by atoms with E-state index in [1.807, 2.05) is 13.8 Å². The Kier molecular flexibility index (Phi) is 6.19. The van der Waals surface area contributed by atoms with Crippen molar-refractivity contribution in [3.63, 3.8) is 0 Å². The topological polar surface area (TPSA) is 44.0 Å². The minimum atomic E-state index is -1.20. The van der Waals surface area contributed by atoms with E-state index in [0.717, 1.165) is 12.1 Å². The van der Waals surface area contributed by atoms with Crippen molar-refractivity contribution in [2.75, 3.05) is 0 Å². The van der Waals surface area contributed by atoms with Crippen molar-refractivity contribution in [3.8, 4) is 34.1 Å². The van der Waals surface area contributed by atoms with Crippen LogP contribution in [0.5, 0.6) is 5.75 Å². The second-order valence-corrected chi connectivity index (χ2v) is 5.29. The first-order valence-electron chi connectivity index (χ1n) is 8.08. The van der Waals surface area contributed by atoms with Crippen molar-refractivity contribution in [1.82, 2.24) is 0 Å². The van der Waals surface area contributed by atoms with Crippen molar-refractivity contribution in [3.05, 3.63) is 77.4 Å². The Morgan fingerprint density at radius 3 is 1.59 bits per heavy atom. The van der Waals surface area contributed by atoms with E-state index in [2.05, 4.69) is 0 Å². The number of phenolic OH excluding ortho intramolecular Hbond substituents is 1. The number of nitrogens with zero attached hydrogens (tertiary/aromatic N) is 1. The van der Waals surface area contributed by atoms with E-state index in [0.29, 0.717) is 17.7 Å². The van der Waals surface area contributed by atoms with E-state index >= 15 is 0 Å². The number of phenols is 1. The van der Waals surface area contributed by atoms with E-state index in [-0.39, 0.29) is 16.9 Å². The zero-order valence-corrected chi connectivity index (χ0v) is 14.5. The Balaban J connectivity index is 0.00000126. The molecule has 27 heavy (non-hydrogen) atoms. The normalized spacial score (nSPS) is 9.96. The van der Waals surface area contributed by atoms with Gasteiger partial charge in [-0.1, -0.05) is 26.0 Å². The summed E-state index contributed by atoms with van der Waals surface area (Å²) in [5.74, 6) is -4.40. The minimum Gasteiger partial charge on any atom is -0.508 e. The molecule has 0 aromatic heterocycles. The van der Waals surface area contributed by atoms with Gasteiger partial charge in [-0.05, 0) is 53.1 Å². The van der Waals surface area contributed by atoms with Gasteiger partial charge in [0, 0.05) is 0 Å². The molecule has 2 nitrogen and oxygen atoms in total. The molecule has 0 unspecified atom stereocenters. The van der Waals surface area contributed by atoms with Gasteiger partial charge in [0.1, 0.15) is 40.7 Å². The summed E-state index contributed by atoms with van der Waals surface area (Å²) >= 11 is 0. The molecule has 0 saturated heterocycles. The average molecular weight is 373 g/mol. The second kappa shape index (κ2) is 8.37. The zero-order valence-electron chi connectivity index (χ0n) is 14.5. The SMILES string of the molecule is CC.N#Cc1c(F)cc(-c2c(F)cc(-c3ccc(O)cc3)cc2F)cc1F. The summed E-state index contributed by atoms with van der Waals surface area (Å²) in [6.07, 6.45) is 0. The molecule has 0 aliphatic heterocycles. The van der Waals surface area contributed by atoms with Gasteiger partial charge in [0.05, 0.1) is 5.56 Å². The van der Waals surface area contributed by atoms with Crippen LogP contribution < -0.4 is 0 Å². The smallest absolute Gasteiger partial charge is 0.144 e. The summed E-state index contributed by atoms with van der Waals surface area (Å²) in [5, 5.41) is 17.9. The van der Waals surface area contributed by atoms with E-state index in [9.17, 15) is 22.7 Å². The Hall–Kier alpha value is -3.33. The first-order valence-corrected chi connectivity index (χ1v) is 8.08. The first kappa shape index (κ1) is 20.0. The van der Waals surface area contributed by atoms with Gasteiger partial charge in [-0.25, -0.2) is 17.6 Å². The van der Waals surface area contributed by atoms with Crippen molar-refractivity contribution in [2.24, 2.45) is 0 Å². The van der Waals surface area contributed by atoms with E-state index in [4.69, 9.17) is 5.26 Å². The van der Waals surface area contributed by atoms with Gasteiger partial charge < -0.3 is 5.11 Å². The molecule has 0 aliphatic carbocycles. The largest absolute Gasteiger partial charge is 0.508 e. The van der Waals surface area contributed by atoms with Crippen LogP contribution in [-0.4, -0.2) is 5.11 Å². The molecule has 3 aromatic carbocycles. The van der Waals surface area contributed by atoms with Crippen LogP contribution in [0, 0.1) is 34.6 Å². The van der Waals surface area contributed by atoms with Gasteiger partial charge in [-0.3, -0.25) is 0 Å². The summed E-state index contributed by atoms with van der Waals surface area (Å²) < 4.78 is 56.2. The van der Waals surface area contributed by atoms with Crippen LogP contribution in [0.4, 0.5) is 17.6 Å². The number of benzene rings is 3. The van der Waals surface area contributed by atoms with Crippen LogP contribution in [-0.2, 0) is 0 Å². The quantitative estimate of drug-likeness (QED) is 0.545. The highest BCUT2D eigenvalue weighted by Gasteiger charge is 2.18. The van der Waals surface area contributed by atoms with Crippen molar-refractivity contribution in [2.45, 2.75) is 13.8 Å². The van der Waals surface area contributed by atoms with Crippen LogP contribution >= 0.6 is 0 Å². The third-order valence-electron chi connectivity index (χ3n) is 3.69. The maximum absolute atomic E-state index is 14.4. The van der Waals surface area contributed by atoms with Gasteiger partial charge in [-0.2, -0.15) is 5.26 Å². The van der Waals surface area contributed by atoms with Crippen LogP contribution in [0.15, 0.2) is 48.5 Å². The van der Waals surface area contributed by atoms with Crippen LogP contribution in [0.2, 0.25) is 0 Å². The lowest BCUT2D eigenvalue weighted by Crippen LogP contribution is -1.96. The molecule has 0 radical (unpaired) electrons. The number of hydrogen-bond donors (Lipinski definition) is 1. The molecule has 3 aromatic rings. The number of nitriles is 1. The third-order valence-corrected chi connectivity index (χ3v) is 3.69. The minimum absolute atomic E-state index is 0.00449. The molecule has 0 spiro atoms. The number of halogens is 4. The summed E-state index contributed by atoms with van der Waals surface area (Å²) in [4.78, 5) is 0. The molecular formula is C21H15F4NO. The van der Waals surface area contributed by atoms with E-state index in [1.54, 1.807) is 0 Å². The molecule has 1 N–H and O–H groups in total. The Labute approximate surface area is 153 Å². The first-order chi connectivity index (χ1) is 12.9. The fourth-order valence-corrected chi connectivity index (χ4v) is 2.49. The zero-order chi connectivity index (χ0) is 20.1. The maximum atomic E-state index is 14.4. The lowest BCUT2D eigenvalue weighted by atomic mass is 9.98. The summed E-state index contributed by atoms with van der Waals surface area (Å²) in [6, 6.07) is 10.5. The van der Waals surface area contributed by atoms with Crippen LogP contribution in [0.25, 0.3) is 22.3 Å². The molecule has 0 amide bonds. The molecule has 0 atom stereocenters. The molecule has 0 heterocycles. The molecule has 0 aliphatic rings. The van der Waals surface area contributed by atoms with E-state index < -0.39 is 34.4 Å². The van der Waals surface area contributed by atoms with Gasteiger partial charge in [0.25, 0.3) is 0 Å². The van der Waals surface area contributed by atoms with E-state index in [1.165, 1.54) is 30.3 Å². The maximum Gasteiger partial charge on any atom is 0.144 e. The second-order valence-electron chi connectivity index (χ2n) is 5.29. The van der Waals surface area contributed by atoms with Crippen molar-refractivity contribution >= 4 is 0 Å². The number of rotatable bonds is 2. The van der Waals surface area contributed by atoms with Gasteiger partial charge >= 0.3 is 0 Å². The lowest BCUT2D eigenvalue weighted by Gasteiger charge is -2.10. The van der Waals surface area contributed by atoms with Crippen molar-refractivity contribution < 1.29 is 22.7 Å². The highest BCUT2D eigenvalue weighted by Crippen LogP contribution is 2.33. The highest BCUT2D eigenvalue weighted by molar-refractivity contribution is 5.72. The summed E-state index contributed by atoms with van der Waals surface area (Å²) in [5.41, 5.74) is -1.09. The number of hydrogen-bond acceptors (Lipinski definition) is 2. The fourth-order valence-electron chi connectivity index (χ4n) is 2.49. The van der Waals surface area contributed by atoms with Crippen molar-refractivity contribution in [1.29, 1.82) is 5.26 Å². The molecule has 0 fully saturated rings. The molecule has 0 saturated carbocycles. The molecule has 3 rings (SSSR count). The Bertz CT molecular complexity index is 962. The third kappa shape index (κ3) is 4.09. The summed E-state index contributed by atoms with van der Waals surface area (Å²) in [7, 11) is 0. The number of aromatic hydroxyl groups is 1. The highest BCUT2D eigenvalue weighted by atomic mass is 19.1.